The molecule has 31 heavy (non-hydrogen) atoms. The van der Waals surface area contributed by atoms with Gasteiger partial charge in [0.25, 0.3) is 0 Å². The molecule has 2 N–H and O–H groups in total. The van der Waals surface area contributed by atoms with Crippen molar-refractivity contribution in [3.63, 3.8) is 0 Å². The van der Waals surface area contributed by atoms with Crippen LogP contribution in [0.4, 0.5) is 10.1 Å². The van der Waals surface area contributed by atoms with Gasteiger partial charge in [0.05, 0.1) is 22.0 Å². The Morgan fingerprint density at radius 1 is 1.23 bits per heavy atom. The predicted octanol–water partition coefficient (Wildman–Crippen LogP) is 5.31. The molecular formula is C22H15ClFN5OS. The average Bonchev–Trinajstić information content (AvgIpc) is 2.76. The van der Waals surface area contributed by atoms with E-state index in [0.717, 1.165) is 11.3 Å². The van der Waals surface area contributed by atoms with Gasteiger partial charge in [-0.1, -0.05) is 29.6 Å². The Hall–Kier alpha value is -3.41. The molecule has 0 fully saturated rings. The van der Waals surface area contributed by atoms with Crippen LogP contribution in [0.5, 0.6) is 0 Å². The van der Waals surface area contributed by atoms with E-state index in [2.05, 4.69) is 19.7 Å². The van der Waals surface area contributed by atoms with Gasteiger partial charge in [-0.3, -0.25) is 4.79 Å². The molecular weight excluding hydrogens is 437 g/mol. The molecule has 154 valence electrons. The lowest BCUT2D eigenvalue weighted by molar-refractivity contribution is 0.627. The van der Waals surface area contributed by atoms with Crippen molar-refractivity contribution < 1.29 is 4.39 Å². The molecule has 0 saturated heterocycles. The second-order valence-corrected chi connectivity index (χ2v) is 7.71. The van der Waals surface area contributed by atoms with Crippen molar-refractivity contribution >= 4 is 40.4 Å². The lowest BCUT2D eigenvalue weighted by Crippen LogP contribution is -2.07. The van der Waals surface area contributed by atoms with E-state index in [1.54, 1.807) is 12.1 Å². The van der Waals surface area contributed by atoms with E-state index in [1.165, 1.54) is 36.3 Å². The van der Waals surface area contributed by atoms with Crippen LogP contribution >= 0.6 is 23.5 Å². The summed E-state index contributed by atoms with van der Waals surface area (Å²) in [5, 5.41) is 9.69. The maximum atomic E-state index is 15.1. The van der Waals surface area contributed by atoms with E-state index < -0.39 is 5.82 Å². The quantitative estimate of drug-likeness (QED) is 0.408. The minimum Gasteiger partial charge on any atom is -0.345 e. The number of nitrogens with zero attached hydrogens (tertiary/aromatic N) is 3. The second kappa shape index (κ2) is 8.38. The number of pyridine rings is 1. The summed E-state index contributed by atoms with van der Waals surface area (Å²) in [6.45, 7) is 1.88. The highest BCUT2D eigenvalue weighted by atomic mass is 35.5. The third kappa shape index (κ3) is 3.74. The highest BCUT2D eigenvalue weighted by molar-refractivity contribution is 7.99. The minimum absolute atomic E-state index is 0.105. The first kappa shape index (κ1) is 20.8. The van der Waals surface area contributed by atoms with Gasteiger partial charge in [0, 0.05) is 29.6 Å². The smallest absolute Gasteiger partial charge is 0.209 e. The fraction of sp³-hybridized carbons (Fsp3) is 0.0909. The zero-order chi connectivity index (χ0) is 22.1. The number of rotatable bonds is 4. The Balaban J connectivity index is 2.08. The summed E-state index contributed by atoms with van der Waals surface area (Å²) in [6.07, 6.45) is 3.34. The van der Waals surface area contributed by atoms with Gasteiger partial charge < -0.3 is 9.71 Å². The Kier molecular flexibility index (Phi) is 5.63. The molecule has 0 aliphatic heterocycles. The maximum Gasteiger partial charge on any atom is 0.209 e. The van der Waals surface area contributed by atoms with Crippen LogP contribution in [0.1, 0.15) is 11.1 Å². The summed E-state index contributed by atoms with van der Waals surface area (Å²) >= 11 is 7.89. The van der Waals surface area contributed by atoms with Crippen LogP contribution in [0, 0.1) is 24.1 Å². The minimum atomic E-state index is -0.707. The molecule has 6 nitrogen and oxygen atoms in total. The summed E-state index contributed by atoms with van der Waals surface area (Å²) in [4.78, 5) is 24.3. The molecule has 0 aliphatic carbocycles. The summed E-state index contributed by atoms with van der Waals surface area (Å²) in [5.74, 6) is -0.707. The molecule has 0 spiro atoms. The number of aromatic amines is 1. The Labute approximate surface area is 186 Å². The van der Waals surface area contributed by atoms with Crippen LogP contribution in [-0.4, -0.2) is 21.2 Å². The van der Waals surface area contributed by atoms with Gasteiger partial charge in [0.1, 0.15) is 17.6 Å². The molecule has 4 aromatic rings. The summed E-state index contributed by atoms with van der Waals surface area (Å²) < 4.78 is 18.2. The first-order valence-electron chi connectivity index (χ1n) is 9.12. The molecule has 0 bridgehead atoms. The lowest BCUT2D eigenvalue weighted by Gasteiger charge is -2.14. The molecule has 4 rings (SSSR count). The van der Waals surface area contributed by atoms with Crippen molar-refractivity contribution in [2.45, 2.75) is 6.92 Å². The van der Waals surface area contributed by atoms with Crippen molar-refractivity contribution in [2.75, 3.05) is 11.0 Å². The van der Waals surface area contributed by atoms with E-state index in [4.69, 9.17) is 11.6 Å². The number of H-pyrrole nitrogens is 1. The Bertz CT molecular complexity index is 1410. The predicted molar refractivity (Wildman–Crippen MR) is 123 cm³/mol. The number of halogens is 2. The van der Waals surface area contributed by atoms with Gasteiger partial charge in [-0.25, -0.2) is 14.4 Å². The summed E-state index contributed by atoms with van der Waals surface area (Å²) in [7, 11) is 0. The number of fused-ring (bicyclic) bond motifs is 1. The molecule has 0 unspecified atom stereocenters. The molecule has 0 amide bonds. The van der Waals surface area contributed by atoms with E-state index in [1.807, 2.05) is 25.3 Å². The molecule has 2 aromatic carbocycles. The van der Waals surface area contributed by atoms with E-state index in [9.17, 15) is 10.1 Å². The first-order valence-corrected chi connectivity index (χ1v) is 10.7. The number of hydrogen-bond donors (Lipinski definition) is 2. The zero-order valence-corrected chi connectivity index (χ0v) is 18.0. The van der Waals surface area contributed by atoms with Crippen LogP contribution in [0.3, 0.4) is 0 Å². The van der Waals surface area contributed by atoms with Crippen molar-refractivity contribution in [3.8, 4) is 28.6 Å². The fourth-order valence-electron chi connectivity index (χ4n) is 3.29. The number of nitriles is 1. The topological polar surface area (TPSA) is 94.5 Å². The second-order valence-electron chi connectivity index (χ2n) is 6.70. The number of nitrogens with one attached hydrogen (secondary N) is 2. The summed E-state index contributed by atoms with van der Waals surface area (Å²) in [6, 6.07) is 11.2. The first-order chi connectivity index (χ1) is 14.9. The third-order valence-corrected chi connectivity index (χ3v) is 5.43. The third-order valence-electron chi connectivity index (χ3n) is 4.72. The largest absolute Gasteiger partial charge is 0.345 e. The SMILES string of the molecule is CSNc1c(C)cc(-c2nc3c(=O)cc[nH]c3nc2-c2cccc(C#N)c2F)cc1Cl. The molecule has 0 atom stereocenters. The molecule has 0 aliphatic rings. The van der Waals surface area contributed by atoms with Gasteiger partial charge in [-0.15, -0.1) is 0 Å². The number of aryl methyl sites for hydroxylation is 1. The summed E-state index contributed by atoms with van der Waals surface area (Å²) in [5.41, 5.74) is 2.68. The van der Waals surface area contributed by atoms with Crippen LogP contribution in [-0.2, 0) is 0 Å². The van der Waals surface area contributed by atoms with Gasteiger partial charge in [-0.05, 0) is 36.8 Å². The van der Waals surface area contributed by atoms with Crippen LogP contribution < -0.4 is 10.2 Å². The molecule has 2 heterocycles. The van der Waals surface area contributed by atoms with Crippen molar-refractivity contribution in [1.29, 1.82) is 5.26 Å². The van der Waals surface area contributed by atoms with Gasteiger partial charge >= 0.3 is 0 Å². The Morgan fingerprint density at radius 3 is 2.74 bits per heavy atom. The normalized spacial score (nSPS) is 10.8. The molecule has 9 heteroatoms. The van der Waals surface area contributed by atoms with Gasteiger partial charge in [-0.2, -0.15) is 5.26 Å². The van der Waals surface area contributed by atoms with Crippen molar-refractivity contribution in [1.82, 2.24) is 15.0 Å². The van der Waals surface area contributed by atoms with E-state index >= 15 is 4.39 Å². The average molecular weight is 452 g/mol. The van der Waals surface area contributed by atoms with Gasteiger partial charge in [0.2, 0.25) is 5.43 Å². The lowest BCUT2D eigenvalue weighted by atomic mass is 10.00. The molecule has 2 aromatic heterocycles. The number of benzene rings is 2. The van der Waals surface area contributed by atoms with Crippen LogP contribution in [0.2, 0.25) is 5.02 Å². The van der Waals surface area contributed by atoms with E-state index in [-0.39, 0.29) is 33.4 Å². The standard InChI is InChI=1S/C22H15ClFN5OS/c1-11-8-13(9-15(23)18(11)29-31-2)19-20(14-5-3-4-12(10-25)17(14)24)28-22-21(27-19)16(30)6-7-26-22/h3-9,29H,1-2H3,(H,26,28,30). The Morgan fingerprint density at radius 2 is 2.03 bits per heavy atom. The van der Waals surface area contributed by atoms with Crippen LogP contribution in [0.25, 0.3) is 33.7 Å². The molecule has 0 saturated carbocycles. The van der Waals surface area contributed by atoms with Gasteiger partial charge in [0.15, 0.2) is 11.2 Å². The maximum absolute atomic E-state index is 15.1. The molecule has 0 radical (unpaired) electrons. The number of aromatic nitrogens is 3. The van der Waals surface area contributed by atoms with Crippen molar-refractivity contribution in [3.05, 3.63) is 74.8 Å². The monoisotopic (exact) mass is 451 g/mol. The highest BCUT2D eigenvalue weighted by Gasteiger charge is 2.20. The fourth-order valence-corrected chi connectivity index (χ4v) is 4.13. The number of hydrogen-bond acceptors (Lipinski definition) is 6. The zero-order valence-electron chi connectivity index (χ0n) is 16.5. The highest BCUT2D eigenvalue weighted by Crippen LogP contribution is 2.37. The van der Waals surface area contributed by atoms with Crippen LogP contribution in [0.15, 0.2) is 47.4 Å². The van der Waals surface area contributed by atoms with E-state index in [0.29, 0.717) is 16.3 Å². The van der Waals surface area contributed by atoms with Crippen molar-refractivity contribution in [2.24, 2.45) is 0 Å². The number of anilines is 1.